The lowest BCUT2D eigenvalue weighted by Crippen LogP contribution is -2.34. The number of carbonyl (C=O) groups is 1. The zero-order valence-corrected chi connectivity index (χ0v) is 14.6. The molecule has 0 fully saturated rings. The molecule has 23 heavy (non-hydrogen) atoms. The van der Waals surface area contributed by atoms with Crippen LogP contribution in [-0.2, 0) is 0 Å². The van der Waals surface area contributed by atoms with Crippen molar-refractivity contribution in [1.29, 1.82) is 0 Å². The molecule has 0 spiro atoms. The van der Waals surface area contributed by atoms with Crippen LogP contribution in [0, 0.1) is 11.7 Å². The maximum absolute atomic E-state index is 13.0. The number of benzene rings is 1. The molecule has 2 rings (SSSR count). The average molecular weight is 334 g/mol. The minimum absolute atomic E-state index is 0.000632. The Bertz CT molecular complexity index is 651. The van der Waals surface area contributed by atoms with Crippen LogP contribution in [0.3, 0.4) is 0 Å². The normalized spacial score (nSPS) is 12.4. The van der Waals surface area contributed by atoms with Crippen molar-refractivity contribution in [2.45, 2.75) is 26.3 Å². The van der Waals surface area contributed by atoms with Crippen molar-refractivity contribution in [1.82, 2.24) is 4.90 Å². The summed E-state index contributed by atoms with van der Waals surface area (Å²) in [5, 5.41) is 0. The molecule has 0 radical (unpaired) electrons. The van der Waals surface area contributed by atoms with Gasteiger partial charge in [-0.05, 0) is 42.2 Å². The smallest absolute Gasteiger partial charge is 0.263 e. The highest BCUT2D eigenvalue weighted by molar-refractivity contribution is 7.17. The van der Waals surface area contributed by atoms with E-state index in [1.165, 1.54) is 23.5 Å². The number of hydrogen-bond donors (Lipinski definition) is 1. The van der Waals surface area contributed by atoms with Gasteiger partial charge in [0, 0.05) is 24.5 Å². The zero-order chi connectivity index (χ0) is 17.0. The molecule has 3 nitrogen and oxygen atoms in total. The van der Waals surface area contributed by atoms with Gasteiger partial charge in [-0.25, -0.2) is 4.39 Å². The molecule has 124 valence electrons. The number of amides is 1. The number of hydrogen-bond acceptors (Lipinski definition) is 3. The highest BCUT2D eigenvalue weighted by atomic mass is 32.1. The molecule has 1 atom stereocenters. The molecule has 5 heteroatoms. The Morgan fingerprint density at radius 3 is 2.48 bits per heavy atom. The van der Waals surface area contributed by atoms with Gasteiger partial charge in [0.1, 0.15) is 5.82 Å². The van der Waals surface area contributed by atoms with Crippen molar-refractivity contribution < 1.29 is 9.18 Å². The lowest BCUT2D eigenvalue weighted by Gasteiger charge is -2.21. The fourth-order valence-corrected chi connectivity index (χ4v) is 3.19. The Kier molecular flexibility index (Phi) is 5.91. The van der Waals surface area contributed by atoms with E-state index in [-0.39, 0.29) is 17.8 Å². The predicted molar refractivity (Wildman–Crippen MR) is 94.1 cm³/mol. The first-order valence-corrected chi connectivity index (χ1v) is 8.57. The fourth-order valence-electron chi connectivity index (χ4n) is 2.19. The summed E-state index contributed by atoms with van der Waals surface area (Å²) in [4.78, 5) is 15.8. The number of carbonyl (C=O) groups excluding carboxylic acids is 1. The standard InChI is InChI=1S/C18H23FN2OS/c1-12(2)15(20)10-11-21(3)18(22)17-9-8-16(23-17)13-4-6-14(19)7-5-13/h4-9,12,15H,10-11,20H2,1-3H3. The maximum atomic E-state index is 13.0. The summed E-state index contributed by atoms with van der Waals surface area (Å²) in [6, 6.07) is 10.1. The molecule has 0 saturated carbocycles. The number of rotatable bonds is 6. The van der Waals surface area contributed by atoms with E-state index in [1.807, 2.05) is 12.1 Å². The van der Waals surface area contributed by atoms with E-state index >= 15 is 0 Å². The van der Waals surface area contributed by atoms with Crippen LogP contribution >= 0.6 is 11.3 Å². The number of nitrogens with two attached hydrogens (primary N) is 1. The maximum Gasteiger partial charge on any atom is 0.263 e. The third-order valence-corrected chi connectivity index (χ3v) is 5.07. The fraction of sp³-hybridized carbons (Fsp3) is 0.389. The van der Waals surface area contributed by atoms with E-state index < -0.39 is 0 Å². The van der Waals surface area contributed by atoms with Gasteiger partial charge in [0.2, 0.25) is 0 Å². The van der Waals surface area contributed by atoms with Crippen LogP contribution in [0.25, 0.3) is 10.4 Å². The second-order valence-corrected chi connectivity index (χ2v) is 7.18. The van der Waals surface area contributed by atoms with Gasteiger partial charge in [-0.1, -0.05) is 26.0 Å². The van der Waals surface area contributed by atoms with E-state index in [0.29, 0.717) is 17.3 Å². The summed E-state index contributed by atoms with van der Waals surface area (Å²) in [7, 11) is 1.80. The molecule has 1 unspecified atom stereocenters. The number of thiophene rings is 1. The van der Waals surface area contributed by atoms with Crippen LogP contribution in [0.15, 0.2) is 36.4 Å². The van der Waals surface area contributed by atoms with Crippen LogP contribution in [0.4, 0.5) is 4.39 Å². The third-order valence-electron chi connectivity index (χ3n) is 3.95. The van der Waals surface area contributed by atoms with Crippen LogP contribution in [0.2, 0.25) is 0 Å². The average Bonchev–Trinajstić information content (AvgIpc) is 3.01. The van der Waals surface area contributed by atoms with Crippen molar-refractivity contribution in [2.75, 3.05) is 13.6 Å². The first-order chi connectivity index (χ1) is 10.9. The molecule has 1 heterocycles. The molecule has 2 aromatic rings. The van der Waals surface area contributed by atoms with Gasteiger partial charge >= 0.3 is 0 Å². The number of halogens is 1. The molecule has 1 aromatic heterocycles. The van der Waals surface area contributed by atoms with Gasteiger partial charge in [0.15, 0.2) is 0 Å². The first kappa shape index (κ1) is 17.6. The summed E-state index contributed by atoms with van der Waals surface area (Å²) >= 11 is 1.42. The Morgan fingerprint density at radius 2 is 1.87 bits per heavy atom. The third kappa shape index (κ3) is 4.62. The molecular weight excluding hydrogens is 311 g/mol. The van der Waals surface area contributed by atoms with Gasteiger partial charge in [-0.15, -0.1) is 11.3 Å². The Labute approximate surface area is 140 Å². The van der Waals surface area contributed by atoms with Gasteiger partial charge < -0.3 is 10.6 Å². The highest BCUT2D eigenvalue weighted by Gasteiger charge is 2.16. The first-order valence-electron chi connectivity index (χ1n) is 7.75. The summed E-state index contributed by atoms with van der Waals surface area (Å²) in [5.41, 5.74) is 6.95. The minimum atomic E-state index is -0.261. The predicted octanol–water partition coefficient (Wildman–Crippen LogP) is 4.00. The van der Waals surface area contributed by atoms with Crippen LogP contribution in [-0.4, -0.2) is 30.4 Å². The van der Waals surface area contributed by atoms with E-state index in [2.05, 4.69) is 13.8 Å². The minimum Gasteiger partial charge on any atom is -0.341 e. The van der Waals surface area contributed by atoms with E-state index in [1.54, 1.807) is 24.1 Å². The second-order valence-electron chi connectivity index (χ2n) is 6.09. The monoisotopic (exact) mass is 334 g/mol. The summed E-state index contributed by atoms with van der Waals surface area (Å²) in [5.74, 6) is 0.146. The van der Waals surface area contributed by atoms with E-state index in [4.69, 9.17) is 5.73 Å². The summed E-state index contributed by atoms with van der Waals surface area (Å²) in [6.45, 7) is 4.81. The molecule has 1 aromatic carbocycles. The van der Waals surface area contributed by atoms with Gasteiger partial charge in [-0.3, -0.25) is 4.79 Å². The van der Waals surface area contributed by atoms with Crippen molar-refractivity contribution in [2.24, 2.45) is 11.7 Å². The molecule has 1 amide bonds. The van der Waals surface area contributed by atoms with Gasteiger partial charge in [0.25, 0.3) is 5.91 Å². The zero-order valence-electron chi connectivity index (χ0n) is 13.8. The molecule has 0 aliphatic carbocycles. The van der Waals surface area contributed by atoms with E-state index in [0.717, 1.165) is 16.9 Å². The molecule has 0 aliphatic rings. The molecular formula is C18H23FN2OS. The van der Waals surface area contributed by atoms with Gasteiger partial charge in [0.05, 0.1) is 4.88 Å². The van der Waals surface area contributed by atoms with Crippen LogP contribution in [0.1, 0.15) is 29.9 Å². The Balaban J connectivity index is 2.01. The van der Waals surface area contributed by atoms with E-state index in [9.17, 15) is 9.18 Å². The Morgan fingerprint density at radius 1 is 1.22 bits per heavy atom. The van der Waals surface area contributed by atoms with Crippen LogP contribution < -0.4 is 5.73 Å². The van der Waals surface area contributed by atoms with Crippen molar-refractivity contribution >= 4 is 17.2 Å². The number of nitrogens with zero attached hydrogens (tertiary/aromatic N) is 1. The second kappa shape index (κ2) is 7.70. The highest BCUT2D eigenvalue weighted by Crippen LogP contribution is 2.28. The Hall–Kier alpha value is -1.72. The van der Waals surface area contributed by atoms with Crippen molar-refractivity contribution in [3.8, 4) is 10.4 Å². The largest absolute Gasteiger partial charge is 0.341 e. The van der Waals surface area contributed by atoms with Gasteiger partial charge in [-0.2, -0.15) is 0 Å². The molecule has 0 bridgehead atoms. The SMILES string of the molecule is CC(C)C(N)CCN(C)C(=O)c1ccc(-c2ccc(F)cc2)s1. The molecule has 0 aliphatic heterocycles. The lowest BCUT2D eigenvalue weighted by molar-refractivity contribution is 0.0794. The molecule has 2 N–H and O–H groups in total. The summed E-state index contributed by atoms with van der Waals surface area (Å²) < 4.78 is 13.0. The topological polar surface area (TPSA) is 46.3 Å². The quantitative estimate of drug-likeness (QED) is 0.868. The van der Waals surface area contributed by atoms with Crippen molar-refractivity contribution in [3.05, 3.63) is 47.1 Å². The van der Waals surface area contributed by atoms with Crippen LogP contribution in [0.5, 0.6) is 0 Å². The summed E-state index contributed by atoms with van der Waals surface area (Å²) in [6.07, 6.45) is 0.788. The molecule has 0 saturated heterocycles. The lowest BCUT2D eigenvalue weighted by atomic mass is 10.0. The van der Waals surface area contributed by atoms with Crippen molar-refractivity contribution in [3.63, 3.8) is 0 Å².